The summed E-state index contributed by atoms with van der Waals surface area (Å²) in [5.41, 5.74) is 4.20. The van der Waals surface area contributed by atoms with E-state index in [-0.39, 0.29) is 11.4 Å². The van der Waals surface area contributed by atoms with Crippen molar-refractivity contribution in [3.8, 4) is 11.6 Å². The summed E-state index contributed by atoms with van der Waals surface area (Å²) in [5.74, 6) is -0.346. The van der Waals surface area contributed by atoms with Gasteiger partial charge >= 0.3 is 5.69 Å². The normalized spacial score (nSPS) is 16.0. The van der Waals surface area contributed by atoms with E-state index in [4.69, 9.17) is 0 Å². The van der Waals surface area contributed by atoms with E-state index in [1.165, 1.54) is 4.57 Å². The Labute approximate surface area is 172 Å². The highest BCUT2D eigenvalue weighted by Crippen LogP contribution is 2.35. The fraction of sp³-hybridized carbons (Fsp3) is 0.217. The van der Waals surface area contributed by atoms with Crippen molar-refractivity contribution in [2.45, 2.75) is 26.3 Å². The van der Waals surface area contributed by atoms with Crippen LogP contribution in [0.25, 0.3) is 16.6 Å². The minimum Gasteiger partial charge on any atom is -0.494 e. The highest BCUT2D eigenvalue weighted by molar-refractivity contribution is 5.85. The first-order valence-electron chi connectivity index (χ1n) is 9.95. The molecule has 0 saturated carbocycles. The summed E-state index contributed by atoms with van der Waals surface area (Å²) < 4.78 is 1.18. The zero-order valence-corrected chi connectivity index (χ0v) is 16.7. The highest BCUT2D eigenvalue weighted by atomic mass is 16.3. The molecule has 0 saturated heterocycles. The molecule has 30 heavy (non-hydrogen) atoms. The molecule has 1 aliphatic rings. The summed E-state index contributed by atoms with van der Waals surface area (Å²) in [6.45, 7) is 4.48. The quantitative estimate of drug-likeness (QED) is 0.414. The maximum absolute atomic E-state index is 12.8. The smallest absolute Gasteiger partial charge is 0.335 e. The molecule has 2 aromatic heterocycles. The molecular formula is C23H22N4O3. The van der Waals surface area contributed by atoms with Crippen molar-refractivity contribution in [1.82, 2.24) is 19.9 Å². The summed E-state index contributed by atoms with van der Waals surface area (Å²) in [6.07, 6.45) is 0.811. The molecule has 4 N–H and O–H groups in total. The van der Waals surface area contributed by atoms with Crippen LogP contribution in [-0.4, -0.2) is 26.2 Å². The van der Waals surface area contributed by atoms with E-state index in [0.717, 1.165) is 39.7 Å². The van der Waals surface area contributed by atoms with Gasteiger partial charge in [-0.1, -0.05) is 30.3 Å². The fourth-order valence-corrected chi connectivity index (χ4v) is 4.43. The van der Waals surface area contributed by atoms with Gasteiger partial charge in [-0.3, -0.25) is 9.78 Å². The van der Waals surface area contributed by atoms with Crippen LogP contribution < -0.4 is 16.6 Å². The summed E-state index contributed by atoms with van der Waals surface area (Å²) in [4.78, 5) is 31.3. The minimum atomic E-state index is -0.664. The molecule has 1 atom stereocenters. The topological polar surface area (TPSA) is 103 Å². The molecule has 5 rings (SSSR count). The lowest BCUT2D eigenvalue weighted by atomic mass is 9.95. The van der Waals surface area contributed by atoms with E-state index >= 15 is 0 Å². The van der Waals surface area contributed by atoms with Gasteiger partial charge in [0.1, 0.15) is 5.56 Å². The Bertz CT molecular complexity index is 1410. The second-order valence-corrected chi connectivity index (χ2v) is 7.75. The lowest BCUT2D eigenvalue weighted by Crippen LogP contribution is -2.38. The van der Waals surface area contributed by atoms with Crippen molar-refractivity contribution in [2.24, 2.45) is 0 Å². The zero-order chi connectivity index (χ0) is 21.0. The maximum Gasteiger partial charge on any atom is 0.335 e. The van der Waals surface area contributed by atoms with Crippen molar-refractivity contribution in [1.29, 1.82) is 0 Å². The van der Waals surface area contributed by atoms with E-state index in [1.54, 1.807) is 6.07 Å². The first-order valence-corrected chi connectivity index (χ1v) is 9.95. The van der Waals surface area contributed by atoms with Crippen LogP contribution in [0.2, 0.25) is 0 Å². The predicted octanol–water partition coefficient (Wildman–Crippen LogP) is 2.56. The monoisotopic (exact) mass is 402 g/mol. The summed E-state index contributed by atoms with van der Waals surface area (Å²) in [5, 5.41) is 15.6. The van der Waals surface area contributed by atoms with E-state index < -0.39 is 17.3 Å². The number of aromatic nitrogens is 3. The van der Waals surface area contributed by atoms with E-state index in [1.807, 2.05) is 50.2 Å². The van der Waals surface area contributed by atoms with Gasteiger partial charge in [0.2, 0.25) is 5.88 Å². The molecule has 0 amide bonds. The lowest BCUT2D eigenvalue weighted by molar-refractivity contribution is 0.409. The van der Waals surface area contributed by atoms with Gasteiger partial charge < -0.3 is 15.4 Å². The maximum atomic E-state index is 12.8. The minimum absolute atomic E-state index is 0.128. The molecule has 7 heteroatoms. The number of nitrogens with zero attached hydrogens (tertiary/aromatic N) is 1. The van der Waals surface area contributed by atoms with Gasteiger partial charge in [0.25, 0.3) is 5.56 Å². The molecule has 0 fully saturated rings. The van der Waals surface area contributed by atoms with Crippen molar-refractivity contribution in [2.75, 3.05) is 6.54 Å². The van der Waals surface area contributed by atoms with E-state index in [2.05, 4.69) is 15.3 Å². The summed E-state index contributed by atoms with van der Waals surface area (Å²) in [7, 11) is 0. The number of aromatic hydroxyl groups is 1. The zero-order valence-electron chi connectivity index (χ0n) is 16.7. The molecule has 3 heterocycles. The third kappa shape index (κ3) is 2.63. The Hall–Kier alpha value is -3.58. The highest BCUT2D eigenvalue weighted by Gasteiger charge is 2.31. The Balaban J connectivity index is 1.77. The van der Waals surface area contributed by atoms with Crippen LogP contribution in [0.4, 0.5) is 0 Å². The summed E-state index contributed by atoms with van der Waals surface area (Å²) >= 11 is 0. The van der Waals surface area contributed by atoms with Crippen LogP contribution in [0, 0.1) is 13.8 Å². The fourth-order valence-electron chi connectivity index (χ4n) is 4.43. The van der Waals surface area contributed by atoms with Crippen molar-refractivity contribution < 1.29 is 5.11 Å². The van der Waals surface area contributed by atoms with Crippen LogP contribution in [-0.2, 0) is 6.42 Å². The van der Waals surface area contributed by atoms with Gasteiger partial charge in [0.05, 0.1) is 11.7 Å². The predicted molar refractivity (Wildman–Crippen MR) is 116 cm³/mol. The van der Waals surface area contributed by atoms with Gasteiger partial charge in [0.15, 0.2) is 0 Å². The molecule has 1 aliphatic heterocycles. The number of aryl methyl sites for hydroxylation is 1. The molecular weight excluding hydrogens is 380 g/mol. The van der Waals surface area contributed by atoms with Crippen LogP contribution in [0.5, 0.6) is 5.88 Å². The first-order chi connectivity index (χ1) is 14.5. The van der Waals surface area contributed by atoms with Crippen LogP contribution in [0.1, 0.15) is 34.0 Å². The van der Waals surface area contributed by atoms with E-state index in [9.17, 15) is 14.7 Å². The number of para-hydroxylation sites is 1. The van der Waals surface area contributed by atoms with Gasteiger partial charge in [-0.2, -0.15) is 0 Å². The molecule has 0 aliphatic carbocycles. The number of nitrogens with one attached hydrogen (secondary N) is 3. The summed E-state index contributed by atoms with van der Waals surface area (Å²) in [6, 6.07) is 12.9. The number of H-pyrrole nitrogens is 2. The van der Waals surface area contributed by atoms with Crippen LogP contribution in [0.3, 0.4) is 0 Å². The average Bonchev–Trinajstić information content (AvgIpc) is 3.10. The van der Waals surface area contributed by atoms with Gasteiger partial charge in [-0.05, 0) is 49.1 Å². The van der Waals surface area contributed by atoms with Gasteiger partial charge in [-0.25, -0.2) is 9.36 Å². The first kappa shape index (κ1) is 18.4. The lowest BCUT2D eigenvalue weighted by Gasteiger charge is -2.25. The molecule has 0 radical (unpaired) electrons. The second-order valence-electron chi connectivity index (χ2n) is 7.75. The number of aromatic amines is 2. The largest absolute Gasteiger partial charge is 0.494 e. The van der Waals surface area contributed by atoms with Crippen LogP contribution >= 0.6 is 0 Å². The standard InChI is InChI=1S/C23H22N4O3/c1-12-6-5-9-17(13(12)2)27-22(29)18(21(28)26-23(27)30)20-19-15(10-11-24-20)14-7-3-4-8-16(14)25-19/h3-9,20,24-25,29H,10-11H2,1-2H3,(H,26,28,30). The molecule has 2 aromatic carbocycles. The molecule has 0 spiro atoms. The Morgan fingerprint density at radius 2 is 1.83 bits per heavy atom. The van der Waals surface area contributed by atoms with Gasteiger partial charge in [-0.15, -0.1) is 0 Å². The molecule has 4 aromatic rings. The third-order valence-corrected chi connectivity index (χ3v) is 6.09. The molecule has 1 unspecified atom stereocenters. The Morgan fingerprint density at radius 3 is 2.67 bits per heavy atom. The number of rotatable bonds is 2. The van der Waals surface area contributed by atoms with Gasteiger partial charge in [0, 0.05) is 23.1 Å². The average molecular weight is 402 g/mol. The molecule has 152 valence electrons. The number of fused-ring (bicyclic) bond motifs is 3. The van der Waals surface area contributed by atoms with E-state index in [0.29, 0.717) is 12.2 Å². The second kappa shape index (κ2) is 6.74. The number of benzene rings is 2. The number of hydrogen-bond acceptors (Lipinski definition) is 4. The Morgan fingerprint density at radius 1 is 1.03 bits per heavy atom. The third-order valence-electron chi connectivity index (χ3n) is 6.09. The van der Waals surface area contributed by atoms with Crippen molar-refractivity contribution in [3.63, 3.8) is 0 Å². The molecule has 7 nitrogen and oxygen atoms in total. The number of hydrogen-bond donors (Lipinski definition) is 4. The Kier molecular flexibility index (Phi) is 4.15. The van der Waals surface area contributed by atoms with Crippen molar-refractivity contribution in [3.05, 3.63) is 91.3 Å². The molecule has 0 bridgehead atoms. The SMILES string of the molecule is Cc1cccc(-n2c(O)c(C3NCCc4c3[nH]c3ccccc43)c(=O)[nH]c2=O)c1C. The van der Waals surface area contributed by atoms with Crippen LogP contribution in [0.15, 0.2) is 52.1 Å². The van der Waals surface area contributed by atoms with Crippen molar-refractivity contribution >= 4 is 10.9 Å².